The van der Waals surface area contributed by atoms with Crippen LogP contribution in [-0.2, 0) is 25.6 Å². The highest BCUT2D eigenvalue weighted by atomic mass is 32.2. The number of nitrogens with one attached hydrogen (secondary N) is 1. The lowest BCUT2D eigenvalue weighted by Crippen LogP contribution is -2.42. The van der Waals surface area contributed by atoms with Gasteiger partial charge in [-0.15, -0.1) is 11.8 Å². The van der Waals surface area contributed by atoms with Gasteiger partial charge in [0.1, 0.15) is 6.04 Å². The number of nitrogens with zero attached hydrogens (tertiary/aromatic N) is 1. The van der Waals surface area contributed by atoms with Crippen molar-refractivity contribution in [3.05, 3.63) is 29.8 Å². The van der Waals surface area contributed by atoms with Crippen molar-refractivity contribution in [1.29, 1.82) is 0 Å². The van der Waals surface area contributed by atoms with Crippen molar-refractivity contribution in [2.24, 2.45) is 0 Å². The fraction of sp³-hybridized carbons (Fsp3) is 0.412. The Morgan fingerprint density at radius 1 is 1.32 bits per heavy atom. The molecule has 7 nitrogen and oxygen atoms in total. The van der Waals surface area contributed by atoms with Crippen LogP contribution >= 0.6 is 11.8 Å². The standard InChI is InChI=1S/C17H20N2O5S/c1-3-11-4-6-12(7-5-11)19-15(21)8-14(16(19)22)25-9-13(17(23)24)18-10(2)20/h4-7,13-14H,3,8-9H2,1-2H3,(H,18,20)(H,23,24)/t13-,14+/m0/s1. The van der Waals surface area contributed by atoms with Crippen molar-refractivity contribution in [3.8, 4) is 0 Å². The molecule has 0 aromatic heterocycles. The average Bonchev–Trinajstić information content (AvgIpc) is 2.85. The van der Waals surface area contributed by atoms with Gasteiger partial charge in [0.2, 0.25) is 17.7 Å². The second-order valence-electron chi connectivity index (χ2n) is 5.70. The third kappa shape index (κ3) is 4.60. The number of hydrogen-bond acceptors (Lipinski definition) is 5. The Morgan fingerprint density at radius 3 is 2.48 bits per heavy atom. The van der Waals surface area contributed by atoms with Gasteiger partial charge in [-0.3, -0.25) is 14.4 Å². The number of thioether (sulfide) groups is 1. The molecule has 0 radical (unpaired) electrons. The number of rotatable bonds is 7. The Balaban J connectivity index is 2.04. The third-order valence-electron chi connectivity index (χ3n) is 3.85. The number of imide groups is 1. The molecule has 0 saturated carbocycles. The molecule has 1 fully saturated rings. The Labute approximate surface area is 149 Å². The van der Waals surface area contributed by atoms with E-state index in [1.54, 1.807) is 12.1 Å². The van der Waals surface area contributed by atoms with E-state index in [-0.39, 0.29) is 24.0 Å². The molecule has 1 aromatic rings. The molecule has 1 aliphatic rings. The zero-order chi connectivity index (χ0) is 18.6. The molecule has 2 N–H and O–H groups in total. The van der Waals surface area contributed by atoms with Gasteiger partial charge in [-0.05, 0) is 24.1 Å². The topological polar surface area (TPSA) is 104 Å². The first-order valence-corrected chi connectivity index (χ1v) is 8.95. The fourth-order valence-corrected chi connectivity index (χ4v) is 3.68. The molecule has 25 heavy (non-hydrogen) atoms. The third-order valence-corrected chi connectivity index (χ3v) is 5.14. The molecular weight excluding hydrogens is 344 g/mol. The number of benzene rings is 1. The summed E-state index contributed by atoms with van der Waals surface area (Å²) in [4.78, 5) is 48.1. The predicted octanol–water partition coefficient (Wildman–Crippen LogP) is 1.20. The molecule has 8 heteroatoms. The molecule has 1 heterocycles. The highest BCUT2D eigenvalue weighted by Crippen LogP contribution is 2.30. The van der Waals surface area contributed by atoms with E-state index in [2.05, 4.69) is 5.32 Å². The first-order chi connectivity index (χ1) is 11.8. The quantitative estimate of drug-likeness (QED) is 0.705. The van der Waals surface area contributed by atoms with Crippen LogP contribution in [0, 0.1) is 0 Å². The van der Waals surface area contributed by atoms with Gasteiger partial charge in [-0.1, -0.05) is 19.1 Å². The summed E-state index contributed by atoms with van der Waals surface area (Å²) in [6, 6.07) is 6.11. The van der Waals surface area contributed by atoms with Gasteiger partial charge >= 0.3 is 5.97 Å². The molecule has 1 aliphatic heterocycles. The van der Waals surface area contributed by atoms with Crippen molar-refractivity contribution >= 4 is 41.1 Å². The Kier molecular flexibility index (Phi) is 6.19. The number of aliphatic carboxylic acids is 1. The molecular formula is C17H20N2O5S. The predicted molar refractivity (Wildman–Crippen MR) is 94.4 cm³/mol. The van der Waals surface area contributed by atoms with Crippen molar-refractivity contribution in [1.82, 2.24) is 5.32 Å². The summed E-state index contributed by atoms with van der Waals surface area (Å²) >= 11 is 1.07. The highest BCUT2D eigenvalue weighted by Gasteiger charge is 2.40. The fourth-order valence-electron chi connectivity index (χ4n) is 2.52. The van der Waals surface area contributed by atoms with Gasteiger partial charge in [0.05, 0.1) is 10.9 Å². The van der Waals surface area contributed by atoms with Crippen molar-refractivity contribution < 1.29 is 24.3 Å². The summed E-state index contributed by atoms with van der Waals surface area (Å²) < 4.78 is 0. The lowest BCUT2D eigenvalue weighted by atomic mass is 10.1. The second-order valence-corrected chi connectivity index (χ2v) is 6.94. The van der Waals surface area contributed by atoms with Crippen LogP contribution in [0.15, 0.2) is 24.3 Å². The molecule has 134 valence electrons. The van der Waals surface area contributed by atoms with Crippen LogP contribution in [0.3, 0.4) is 0 Å². The molecule has 1 aromatic carbocycles. The van der Waals surface area contributed by atoms with Gasteiger partial charge in [0.25, 0.3) is 0 Å². The van der Waals surface area contributed by atoms with Gasteiger partial charge in [0, 0.05) is 19.1 Å². The van der Waals surface area contributed by atoms with E-state index in [0.29, 0.717) is 5.69 Å². The number of carboxylic acids is 1. The molecule has 1 saturated heterocycles. The summed E-state index contributed by atoms with van der Waals surface area (Å²) in [5, 5.41) is 10.8. The Hall–Kier alpha value is -2.35. The SMILES string of the molecule is CCc1ccc(N2C(=O)C[C@@H](SC[C@H](NC(C)=O)C(=O)O)C2=O)cc1. The minimum atomic E-state index is -1.17. The minimum absolute atomic E-state index is 0.0151. The Bertz CT molecular complexity index is 689. The van der Waals surface area contributed by atoms with Gasteiger partial charge in [-0.2, -0.15) is 0 Å². The van der Waals surface area contributed by atoms with Crippen molar-refractivity contribution in [2.75, 3.05) is 10.7 Å². The maximum Gasteiger partial charge on any atom is 0.327 e. The van der Waals surface area contributed by atoms with Crippen molar-refractivity contribution in [3.63, 3.8) is 0 Å². The Morgan fingerprint density at radius 2 is 1.96 bits per heavy atom. The maximum absolute atomic E-state index is 12.5. The number of carbonyl (C=O) groups excluding carboxylic acids is 3. The first-order valence-electron chi connectivity index (χ1n) is 7.90. The smallest absolute Gasteiger partial charge is 0.327 e. The second kappa shape index (κ2) is 8.15. The largest absolute Gasteiger partial charge is 0.480 e. The van der Waals surface area contributed by atoms with E-state index in [1.807, 2.05) is 19.1 Å². The zero-order valence-electron chi connectivity index (χ0n) is 14.0. The van der Waals surface area contributed by atoms with Gasteiger partial charge in [-0.25, -0.2) is 9.69 Å². The number of carbonyl (C=O) groups is 4. The summed E-state index contributed by atoms with van der Waals surface area (Å²) in [6.07, 6.45) is 0.881. The van der Waals surface area contributed by atoms with Gasteiger partial charge < -0.3 is 10.4 Å². The summed E-state index contributed by atoms with van der Waals surface area (Å²) in [5.41, 5.74) is 1.63. The van der Waals surface area contributed by atoms with Crippen LogP contribution in [0.2, 0.25) is 0 Å². The normalized spacial score (nSPS) is 18.3. The molecule has 0 aliphatic carbocycles. The van der Waals surface area contributed by atoms with Crippen LogP contribution in [-0.4, -0.2) is 45.8 Å². The molecule has 2 rings (SSSR count). The van der Waals surface area contributed by atoms with E-state index in [1.165, 1.54) is 6.92 Å². The maximum atomic E-state index is 12.5. The van der Waals surface area contributed by atoms with Crippen LogP contribution in [0.4, 0.5) is 5.69 Å². The summed E-state index contributed by atoms with van der Waals surface area (Å²) in [5.74, 6) is -2.28. The highest BCUT2D eigenvalue weighted by molar-refractivity contribution is 8.00. The molecule has 0 bridgehead atoms. The molecule has 0 spiro atoms. The van der Waals surface area contributed by atoms with E-state index in [0.717, 1.165) is 28.6 Å². The number of anilines is 1. The lowest BCUT2D eigenvalue weighted by molar-refractivity contribution is -0.140. The van der Waals surface area contributed by atoms with E-state index in [9.17, 15) is 19.2 Å². The number of amides is 3. The monoisotopic (exact) mass is 364 g/mol. The molecule has 0 unspecified atom stereocenters. The van der Waals surface area contributed by atoms with E-state index < -0.39 is 23.2 Å². The van der Waals surface area contributed by atoms with E-state index >= 15 is 0 Å². The van der Waals surface area contributed by atoms with E-state index in [4.69, 9.17) is 5.11 Å². The minimum Gasteiger partial charge on any atom is -0.480 e. The van der Waals surface area contributed by atoms with Crippen LogP contribution in [0.25, 0.3) is 0 Å². The number of hydrogen-bond donors (Lipinski definition) is 2. The lowest BCUT2D eigenvalue weighted by Gasteiger charge is -2.17. The van der Waals surface area contributed by atoms with Crippen LogP contribution < -0.4 is 10.2 Å². The van der Waals surface area contributed by atoms with Crippen LogP contribution in [0.5, 0.6) is 0 Å². The molecule has 2 atom stereocenters. The molecule has 3 amide bonds. The van der Waals surface area contributed by atoms with Crippen LogP contribution in [0.1, 0.15) is 25.8 Å². The van der Waals surface area contributed by atoms with Gasteiger partial charge in [0.15, 0.2) is 0 Å². The summed E-state index contributed by atoms with van der Waals surface area (Å²) in [6.45, 7) is 3.24. The summed E-state index contributed by atoms with van der Waals surface area (Å²) in [7, 11) is 0. The average molecular weight is 364 g/mol. The zero-order valence-corrected chi connectivity index (χ0v) is 14.8. The van der Waals surface area contributed by atoms with Crippen molar-refractivity contribution in [2.45, 2.75) is 38.0 Å². The number of aryl methyl sites for hydroxylation is 1. The number of carboxylic acid groups (broad SMARTS) is 1. The first kappa shape index (κ1) is 19.0.